The number of aliphatic hydroxyl groups excluding tert-OH is 1. The lowest BCUT2D eigenvalue weighted by Gasteiger charge is -2.12. The Morgan fingerprint density at radius 3 is 2.81 bits per heavy atom. The zero-order valence-electron chi connectivity index (χ0n) is 16.6. The number of hydrogen-bond acceptors (Lipinski definition) is 6. The topological polar surface area (TPSA) is 110 Å². The SMILES string of the molecule is COc1ncc(-c2ccn3nc(NC(=O)NCC4(CO)CC4)cc3c2)cc1OC(F)F. The van der Waals surface area contributed by atoms with Crippen LogP contribution >= 0.6 is 0 Å². The Labute approximate surface area is 176 Å². The van der Waals surface area contributed by atoms with E-state index < -0.39 is 12.6 Å². The molecule has 0 unspecified atom stereocenters. The molecule has 0 aromatic carbocycles. The minimum Gasteiger partial charge on any atom is -0.478 e. The highest BCUT2D eigenvalue weighted by atomic mass is 19.3. The lowest BCUT2D eigenvalue weighted by molar-refractivity contribution is -0.0515. The summed E-state index contributed by atoms with van der Waals surface area (Å²) in [5.74, 6) is 0.137. The van der Waals surface area contributed by atoms with Gasteiger partial charge in [-0.2, -0.15) is 8.78 Å². The van der Waals surface area contributed by atoms with Gasteiger partial charge in [0, 0.05) is 36.0 Å². The molecule has 9 nitrogen and oxygen atoms in total. The van der Waals surface area contributed by atoms with E-state index >= 15 is 0 Å². The Kier molecular flexibility index (Phi) is 5.59. The van der Waals surface area contributed by atoms with Crippen LogP contribution in [-0.4, -0.2) is 52.6 Å². The smallest absolute Gasteiger partial charge is 0.387 e. The minimum atomic E-state index is -3.00. The number of carbonyl (C=O) groups is 1. The zero-order valence-corrected chi connectivity index (χ0v) is 16.6. The van der Waals surface area contributed by atoms with Gasteiger partial charge in [-0.3, -0.25) is 5.32 Å². The number of nitrogens with one attached hydrogen (secondary N) is 2. The molecule has 0 spiro atoms. The molecule has 0 aliphatic heterocycles. The Hall–Kier alpha value is -3.47. The Balaban J connectivity index is 1.50. The molecule has 1 aliphatic carbocycles. The molecule has 164 valence electrons. The molecule has 3 aromatic rings. The fourth-order valence-corrected chi connectivity index (χ4v) is 3.15. The number of amides is 2. The monoisotopic (exact) mass is 433 g/mol. The number of methoxy groups -OCH3 is 1. The predicted octanol–water partition coefficient (Wildman–Crippen LogP) is 2.90. The van der Waals surface area contributed by atoms with E-state index in [1.807, 2.05) is 0 Å². The van der Waals surface area contributed by atoms with Gasteiger partial charge in [0.2, 0.25) is 0 Å². The molecule has 31 heavy (non-hydrogen) atoms. The number of anilines is 1. The normalized spacial score (nSPS) is 14.5. The van der Waals surface area contributed by atoms with Crippen molar-refractivity contribution < 1.29 is 28.2 Å². The molecule has 3 heterocycles. The third-order valence-corrected chi connectivity index (χ3v) is 5.18. The van der Waals surface area contributed by atoms with Crippen LogP contribution in [0.2, 0.25) is 0 Å². The van der Waals surface area contributed by atoms with Gasteiger partial charge in [-0.05, 0) is 36.6 Å². The van der Waals surface area contributed by atoms with Crippen molar-refractivity contribution in [3.05, 3.63) is 36.7 Å². The standard InChI is InChI=1S/C20H21F2N5O4/c1-30-17-15(31-18(21)22)7-13(9-23-17)12-2-5-27-14(6-12)8-16(26-27)25-19(29)24-10-20(11-28)3-4-20/h2,5-9,18,28H,3-4,10-11H2,1H3,(H2,24,25,26,29). The van der Waals surface area contributed by atoms with Gasteiger partial charge in [0.15, 0.2) is 11.6 Å². The van der Waals surface area contributed by atoms with Gasteiger partial charge in [-0.25, -0.2) is 14.3 Å². The second-order valence-corrected chi connectivity index (χ2v) is 7.39. The first-order chi connectivity index (χ1) is 14.9. The van der Waals surface area contributed by atoms with Crippen LogP contribution in [0.1, 0.15) is 12.8 Å². The third kappa shape index (κ3) is 4.66. The fourth-order valence-electron chi connectivity index (χ4n) is 3.15. The molecule has 1 saturated carbocycles. The highest BCUT2D eigenvalue weighted by Crippen LogP contribution is 2.44. The summed E-state index contributed by atoms with van der Waals surface area (Å²) in [6.07, 6.45) is 4.95. The number of aromatic nitrogens is 3. The summed E-state index contributed by atoms with van der Waals surface area (Å²) in [7, 11) is 1.32. The summed E-state index contributed by atoms with van der Waals surface area (Å²) in [4.78, 5) is 16.1. The van der Waals surface area contributed by atoms with E-state index in [4.69, 9.17) is 4.74 Å². The van der Waals surface area contributed by atoms with Crippen molar-refractivity contribution in [3.63, 3.8) is 0 Å². The Morgan fingerprint density at radius 2 is 2.13 bits per heavy atom. The maximum atomic E-state index is 12.7. The average Bonchev–Trinajstić information content (AvgIpc) is 3.43. The number of hydrogen-bond donors (Lipinski definition) is 3. The molecule has 11 heteroatoms. The maximum Gasteiger partial charge on any atom is 0.387 e. The van der Waals surface area contributed by atoms with Crippen molar-refractivity contribution in [2.45, 2.75) is 19.5 Å². The largest absolute Gasteiger partial charge is 0.478 e. The second-order valence-electron chi connectivity index (χ2n) is 7.39. The average molecular weight is 433 g/mol. The first-order valence-electron chi connectivity index (χ1n) is 9.56. The van der Waals surface area contributed by atoms with Gasteiger partial charge in [-0.15, -0.1) is 5.10 Å². The number of alkyl halides is 2. The van der Waals surface area contributed by atoms with Crippen LogP contribution in [0.25, 0.3) is 16.6 Å². The highest BCUT2D eigenvalue weighted by Gasteiger charge is 2.42. The van der Waals surface area contributed by atoms with Gasteiger partial charge >= 0.3 is 12.6 Å². The predicted molar refractivity (Wildman–Crippen MR) is 107 cm³/mol. The van der Waals surface area contributed by atoms with Crippen molar-refractivity contribution in [2.75, 3.05) is 25.6 Å². The molecule has 1 aliphatic rings. The van der Waals surface area contributed by atoms with E-state index in [0.29, 0.717) is 29.0 Å². The molecule has 0 saturated heterocycles. The number of halogens is 2. The van der Waals surface area contributed by atoms with Crippen LogP contribution in [-0.2, 0) is 0 Å². The van der Waals surface area contributed by atoms with Crippen LogP contribution in [0, 0.1) is 5.41 Å². The number of pyridine rings is 2. The summed E-state index contributed by atoms with van der Waals surface area (Å²) >= 11 is 0. The van der Waals surface area contributed by atoms with Gasteiger partial charge < -0.3 is 19.9 Å². The quantitative estimate of drug-likeness (QED) is 0.504. The van der Waals surface area contributed by atoms with E-state index in [-0.39, 0.29) is 23.7 Å². The van der Waals surface area contributed by atoms with Gasteiger partial charge in [0.05, 0.1) is 19.2 Å². The summed E-state index contributed by atoms with van der Waals surface area (Å²) in [6, 6.07) is 6.20. The van der Waals surface area contributed by atoms with Crippen molar-refractivity contribution in [3.8, 4) is 22.8 Å². The molecule has 0 bridgehead atoms. The summed E-state index contributed by atoms with van der Waals surface area (Å²) < 4.78 is 36.3. The number of nitrogens with zero attached hydrogens (tertiary/aromatic N) is 3. The molecule has 1 fully saturated rings. The Bertz CT molecular complexity index is 1100. The molecule has 0 atom stereocenters. The number of urea groups is 1. The minimum absolute atomic E-state index is 0.0406. The van der Waals surface area contributed by atoms with Crippen LogP contribution in [0.4, 0.5) is 19.4 Å². The van der Waals surface area contributed by atoms with Gasteiger partial charge in [0.1, 0.15) is 0 Å². The van der Waals surface area contributed by atoms with E-state index in [0.717, 1.165) is 12.8 Å². The number of ether oxygens (including phenoxy) is 2. The van der Waals surface area contributed by atoms with Crippen LogP contribution < -0.4 is 20.1 Å². The first-order valence-corrected chi connectivity index (χ1v) is 9.56. The number of rotatable bonds is 8. The number of fused-ring (bicyclic) bond motifs is 1. The van der Waals surface area contributed by atoms with Gasteiger partial charge in [-0.1, -0.05) is 0 Å². The lowest BCUT2D eigenvalue weighted by Crippen LogP contribution is -2.35. The summed E-state index contributed by atoms with van der Waals surface area (Å²) in [5, 5.41) is 19.0. The van der Waals surface area contributed by atoms with Crippen LogP contribution in [0.5, 0.6) is 11.6 Å². The fraction of sp³-hybridized carbons (Fsp3) is 0.350. The maximum absolute atomic E-state index is 12.7. The molecule has 2 amide bonds. The highest BCUT2D eigenvalue weighted by molar-refractivity contribution is 5.89. The molecule has 4 rings (SSSR count). The van der Waals surface area contributed by atoms with E-state index in [2.05, 4.69) is 25.5 Å². The number of carbonyl (C=O) groups excluding carboxylic acids is 1. The molecule has 3 aromatic heterocycles. The molecular weight excluding hydrogens is 412 g/mol. The number of aliphatic hydroxyl groups is 1. The van der Waals surface area contributed by atoms with E-state index in [9.17, 15) is 18.7 Å². The Morgan fingerprint density at radius 1 is 1.32 bits per heavy atom. The van der Waals surface area contributed by atoms with Gasteiger partial charge in [0.25, 0.3) is 5.88 Å². The van der Waals surface area contributed by atoms with Crippen LogP contribution in [0.15, 0.2) is 36.7 Å². The van der Waals surface area contributed by atoms with Crippen molar-refractivity contribution in [2.24, 2.45) is 5.41 Å². The molecule has 0 radical (unpaired) electrons. The lowest BCUT2D eigenvalue weighted by atomic mass is 10.1. The second kappa shape index (κ2) is 8.34. The van der Waals surface area contributed by atoms with Crippen molar-refractivity contribution in [1.82, 2.24) is 19.9 Å². The van der Waals surface area contributed by atoms with E-state index in [1.165, 1.54) is 19.4 Å². The third-order valence-electron chi connectivity index (χ3n) is 5.18. The molecule has 3 N–H and O–H groups in total. The zero-order chi connectivity index (χ0) is 22.0. The molecular formula is C20H21F2N5O4. The van der Waals surface area contributed by atoms with Crippen molar-refractivity contribution in [1.29, 1.82) is 0 Å². The van der Waals surface area contributed by atoms with Crippen molar-refractivity contribution >= 4 is 17.4 Å². The summed E-state index contributed by atoms with van der Waals surface area (Å²) in [5.41, 5.74) is 1.72. The van der Waals surface area contributed by atoms with Crippen LogP contribution in [0.3, 0.4) is 0 Å². The van der Waals surface area contributed by atoms with E-state index in [1.54, 1.807) is 28.9 Å². The summed E-state index contributed by atoms with van der Waals surface area (Å²) in [6.45, 7) is -2.55. The first kappa shape index (κ1) is 20.8.